The van der Waals surface area contributed by atoms with Gasteiger partial charge in [-0.2, -0.15) is 5.10 Å². The van der Waals surface area contributed by atoms with Crippen LogP contribution in [0.4, 0.5) is 0 Å². The summed E-state index contributed by atoms with van der Waals surface area (Å²) in [5, 5.41) is 5.18. The van der Waals surface area contributed by atoms with Crippen LogP contribution in [0.15, 0.2) is 18.5 Å². The third kappa shape index (κ3) is 1.71. The Morgan fingerprint density at radius 2 is 2.14 bits per heavy atom. The van der Waals surface area contributed by atoms with Crippen LogP contribution in [-0.4, -0.2) is 14.8 Å². The van der Waals surface area contributed by atoms with Crippen molar-refractivity contribution < 1.29 is 0 Å². The first-order valence-corrected chi connectivity index (χ1v) is 4.21. The van der Waals surface area contributed by atoms with Gasteiger partial charge in [-0.15, -0.1) is 12.4 Å². The minimum atomic E-state index is -0.0284. The van der Waals surface area contributed by atoms with E-state index in [4.69, 9.17) is 5.73 Å². The molecule has 2 rings (SSSR count). The van der Waals surface area contributed by atoms with Gasteiger partial charge >= 0.3 is 0 Å². The molecule has 2 aromatic rings. The lowest BCUT2D eigenvalue weighted by Crippen LogP contribution is -2.07. The maximum atomic E-state index is 5.73. The van der Waals surface area contributed by atoms with E-state index in [1.165, 1.54) is 0 Å². The van der Waals surface area contributed by atoms with Gasteiger partial charge in [0, 0.05) is 24.7 Å². The molecule has 0 saturated heterocycles. The minimum absolute atomic E-state index is 0. The molecule has 5 heteroatoms. The van der Waals surface area contributed by atoms with Crippen LogP contribution < -0.4 is 5.73 Å². The van der Waals surface area contributed by atoms with Gasteiger partial charge in [-0.25, -0.2) is 0 Å². The largest absolute Gasteiger partial charge is 0.323 e. The van der Waals surface area contributed by atoms with E-state index in [1.807, 2.05) is 24.7 Å². The molecule has 0 unspecified atom stereocenters. The van der Waals surface area contributed by atoms with E-state index < -0.39 is 0 Å². The van der Waals surface area contributed by atoms with Gasteiger partial charge in [0.1, 0.15) is 0 Å². The fourth-order valence-electron chi connectivity index (χ4n) is 1.31. The fraction of sp³-hybridized carbons (Fsp3) is 0.333. The normalized spacial score (nSPS) is 12.5. The average molecular weight is 213 g/mol. The number of hydrogen-bond acceptors (Lipinski definition) is 3. The van der Waals surface area contributed by atoms with Gasteiger partial charge in [0.15, 0.2) is 0 Å². The van der Waals surface area contributed by atoms with Gasteiger partial charge in [0.2, 0.25) is 0 Å². The fourth-order valence-corrected chi connectivity index (χ4v) is 1.31. The predicted octanol–water partition coefficient (Wildman–Crippen LogP) is 1.41. The molecule has 14 heavy (non-hydrogen) atoms. The summed E-state index contributed by atoms with van der Waals surface area (Å²) in [5.41, 5.74) is 7.70. The summed E-state index contributed by atoms with van der Waals surface area (Å²) in [6.45, 7) is 1.92. The van der Waals surface area contributed by atoms with E-state index in [9.17, 15) is 0 Å². The number of halogens is 1. The smallest absolute Gasteiger partial charge is 0.0713 e. The Morgan fingerprint density at radius 3 is 2.79 bits per heavy atom. The Labute approximate surface area is 88.5 Å². The van der Waals surface area contributed by atoms with Crippen LogP contribution in [0.3, 0.4) is 0 Å². The van der Waals surface area contributed by atoms with Gasteiger partial charge in [-0.05, 0) is 13.0 Å². The lowest BCUT2D eigenvalue weighted by atomic mass is 10.2. The van der Waals surface area contributed by atoms with Gasteiger partial charge < -0.3 is 5.73 Å². The number of aromatic nitrogens is 3. The summed E-state index contributed by atoms with van der Waals surface area (Å²) in [7, 11) is 1.91. The average Bonchev–Trinajstić information content (AvgIpc) is 2.47. The number of aryl methyl sites for hydroxylation is 1. The van der Waals surface area contributed by atoms with E-state index in [2.05, 4.69) is 10.1 Å². The van der Waals surface area contributed by atoms with Gasteiger partial charge in [0.05, 0.1) is 17.4 Å². The van der Waals surface area contributed by atoms with Gasteiger partial charge in [-0.1, -0.05) is 0 Å². The molecule has 0 spiro atoms. The van der Waals surface area contributed by atoms with Crippen LogP contribution in [0.1, 0.15) is 18.7 Å². The Kier molecular flexibility index (Phi) is 3.08. The molecule has 0 aliphatic carbocycles. The number of fused-ring (bicyclic) bond motifs is 1. The SMILES string of the molecule is C[C@@H](N)c1cc2c(cn1)cnn2C.Cl. The highest BCUT2D eigenvalue weighted by Crippen LogP contribution is 2.15. The zero-order valence-corrected chi connectivity index (χ0v) is 8.95. The second-order valence-corrected chi connectivity index (χ2v) is 3.22. The second kappa shape index (κ2) is 3.94. The minimum Gasteiger partial charge on any atom is -0.323 e. The second-order valence-electron chi connectivity index (χ2n) is 3.22. The van der Waals surface area contributed by atoms with Crippen molar-refractivity contribution in [2.75, 3.05) is 0 Å². The molecule has 0 aliphatic heterocycles. The summed E-state index contributed by atoms with van der Waals surface area (Å²) in [6, 6.07) is 1.95. The standard InChI is InChI=1S/C9H12N4.ClH/c1-6(10)8-3-9-7(4-11-8)5-12-13(9)2;/h3-6H,10H2,1-2H3;1H/t6-;/m1./s1. The van der Waals surface area contributed by atoms with Crippen molar-refractivity contribution in [1.29, 1.82) is 0 Å². The maximum Gasteiger partial charge on any atom is 0.0713 e. The molecule has 0 aliphatic rings. The van der Waals surface area contributed by atoms with Crippen LogP contribution in [0.25, 0.3) is 10.9 Å². The van der Waals surface area contributed by atoms with Crippen LogP contribution >= 0.6 is 12.4 Å². The number of nitrogens with zero attached hydrogens (tertiary/aromatic N) is 3. The van der Waals surface area contributed by atoms with E-state index in [0.717, 1.165) is 16.6 Å². The highest BCUT2D eigenvalue weighted by molar-refractivity contribution is 5.85. The lowest BCUT2D eigenvalue weighted by molar-refractivity contribution is 0.773. The van der Waals surface area contributed by atoms with Crippen molar-refractivity contribution in [1.82, 2.24) is 14.8 Å². The van der Waals surface area contributed by atoms with Crippen LogP contribution in [0.2, 0.25) is 0 Å². The Hall–Kier alpha value is -1.13. The summed E-state index contributed by atoms with van der Waals surface area (Å²) < 4.78 is 1.82. The maximum absolute atomic E-state index is 5.73. The Morgan fingerprint density at radius 1 is 1.43 bits per heavy atom. The number of rotatable bonds is 1. The van der Waals surface area contributed by atoms with E-state index in [1.54, 1.807) is 12.4 Å². The van der Waals surface area contributed by atoms with Gasteiger partial charge in [-0.3, -0.25) is 9.67 Å². The molecule has 2 heterocycles. The zero-order valence-electron chi connectivity index (χ0n) is 8.14. The molecule has 0 fully saturated rings. The summed E-state index contributed by atoms with van der Waals surface area (Å²) in [4.78, 5) is 4.24. The molecular weight excluding hydrogens is 200 g/mol. The number of hydrogen-bond donors (Lipinski definition) is 1. The van der Waals surface area contributed by atoms with Crippen molar-refractivity contribution >= 4 is 23.3 Å². The molecule has 76 valence electrons. The van der Waals surface area contributed by atoms with Crippen molar-refractivity contribution in [3.63, 3.8) is 0 Å². The first-order chi connectivity index (χ1) is 6.18. The molecule has 2 N–H and O–H groups in total. The summed E-state index contributed by atoms with van der Waals surface area (Å²) in [6.07, 6.45) is 3.61. The van der Waals surface area contributed by atoms with Crippen molar-refractivity contribution in [2.24, 2.45) is 12.8 Å². The van der Waals surface area contributed by atoms with Crippen LogP contribution in [-0.2, 0) is 7.05 Å². The molecular formula is C9H13ClN4. The Balaban J connectivity index is 0.000000980. The molecule has 0 bridgehead atoms. The molecule has 1 atom stereocenters. The molecule has 0 aromatic carbocycles. The molecule has 0 radical (unpaired) electrons. The monoisotopic (exact) mass is 212 g/mol. The third-order valence-corrected chi connectivity index (χ3v) is 2.12. The Bertz CT molecular complexity index is 435. The van der Waals surface area contributed by atoms with Crippen LogP contribution in [0, 0.1) is 0 Å². The molecule has 4 nitrogen and oxygen atoms in total. The number of pyridine rings is 1. The topological polar surface area (TPSA) is 56.7 Å². The highest BCUT2D eigenvalue weighted by Gasteiger charge is 2.04. The highest BCUT2D eigenvalue weighted by atomic mass is 35.5. The number of nitrogens with two attached hydrogens (primary N) is 1. The van der Waals surface area contributed by atoms with E-state index >= 15 is 0 Å². The van der Waals surface area contributed by atoms with Crippen molar-refractivity contribution in [3.8, 4) is 0 Å². The molecule has 0 amide bonds. The summed E-state index contributed by atoms with van der Waals surface area (Å²) in [5.74, 6) is 0. The van der Waals surface area contributed by atoms with Crippen LogP contribution in [0.5, 0.6) is 0 Å². The first-order valence-electron chi connectivity index (χ1n) is 4.21. The molecule has 2 aromatic heterocycles. The third-order valence-electron chi connectivity index (χ3n) is 2.12. The van der Waals surface area contributed by atoms with Gasteiger partial charge in [0.25, 0.3) is 0 Å². The quantitative estimate of drug-likeness (QED) is 0.778. The lowest BCUT2D eigenvalue weighted by Gasteiger charge is -2.03. The van der Waals surface area contributed by atoms with Crippen molar-refractivity contribution in [2.45, 2.75) is 13.0 Å². The summed E-state index contributed by atoms with van der Waals surface area (Å²) >= 11 is 0. The molecule has 0 saturated carbocycles. The first kappa shape index (κ1) is 10.9. The van der Waals surface area contributed by atoms with Crippen molar-refractivity contribution in [3.05, 3.63) is 24.2 Å². The zero-order chi connectivity index (χ0) is 9.42. The van der Waals surface area contributed by atoms with E-state index in [-0.39, 0.29) is 18.4 Å². The van der Waals surface area contributed by atoms with E-state index in [0.29, 0.717) is 0 Å². The predicted molar refractivity (Wildman–Crippen MR) is 58.4 cm³/mol.